The smallest absolute Gasteiger partial charge is 0.416 e. The van der Waals surface area contributed by atoms with Gasteiger partial charge in [0.1, 0.15) is 5.60 Å². The van der Waals surface area contributed by atoms with Crippen LogP contribution in [0.3, 0.4) is 0 Å². The summed E-state index contributed by atoms with van der Waals surface area (Å²) < 4.78 is 69.9. The summed E-state index contributed by atoms with van der Waals surface area (Å²) in [4.78, 5) is 26.1. The van der Waals surface area contributed by atoms with Crippen molar-refractivity contribution in [1.82, 2.24) is 4.90 Å². The molecule has 6 nitrogen and oxygen atoms in total. The second-order valence-corrected chi connectivity index (χ2v) is 11.4. The molecule has 1 heterocycles. The number of benzene rings is 2. The lowest BCUT2D eigenvalue weighted by molar-refractivity contribution is -0.137. The summed E-state index contributed by atoms with van der Waals surface area (Å²) in [5, 5.41) is 0. The van der Waals surface area contributed by atoms with Crippen LogP contribution in [0.1, 0.15) is 51.2 Å². The van der Waals surface area contributed by atoms with Crippen LogP contribution in [-0.4, -0.2) is 43.4 Å². The predicted molar refractivity (Wildman–Crippen MR) is 123 cm³/mol. The van der Waals surface area contributed by atoms with Gasteiger partial charge in [-0.15, -0.1) is 0 Å². The van der Waals surface area contributed by atoms with E-state index in [9.17, 15) is 31.2 Å². The van der Waals surface area contributed by atoms with Gasteiger partial charge in [-0.25, -0.2) is 13.2 Å². The molecular formula is C25H28F3NO5S. The third-order valence-corrected chi connectivity index (χ3v) is 7.39. The molecule has 0 unspecified atom stereocenters. The number of sulfone groups is 1. The monoisotopic (exact) mass is 511 g/mol. The Kier molecular flexibility index (Phi) is 7.64. The number of carbonyl (C=O) groups is 2. The zero-order valence-corrected chi connectivity index (χ0v) is 20.6. The number of ketones is 1. The fraction of sp³-hybridized carbons (Fsp3) is 0.440. The minimum atomic E-state index is -4.65. The summed E-state index contributed by atoms with van der Waals surface area (Å²) in [6.45, 7) is 5.73. The van der Waals surface area contributed by atoms with Crippen LogP contribution in [0.4, 0.5) is 18.0 Å². The molecule has 3 rings (SSSR count). The summed E-state index contributed by atoms with van der Waals surface area (Å²) in [5.74, 6) is -0.103. The van der Waals surface area contributed by atoms with Gasteiger partial charge in [0, 0.05) is 13.0 Å². The van der Waals surface area contributed by atoms with Crippen molar-refractivity contribution in [3.63, 3.8) is 0 Å². The standard InChI is InChI=1S/C25H28F3NO5S/c1-24(2,3)34-23(31)29-15-5-8-21(29)22(30)14-11-17-9-12-19(13-10-17)35(32,33)20-7-4-6-18(16-20)25(26,27)28/h4,6-7,9-10,12-13,16,21H,5,8,11,14-15H2,1-3H3/t21-/m1/s1. The van der Waals surface area contributed by atoms with Gasteiger partial charge >= 0.3 is 12.3 Å². The largest absolute Gasteiger partial charge is 0.444 e. The first-order valence-corrected chi connectivity index (χ1v) is 12.7. The van der Waals surface area contributed by atoms with E-state index < -0.39 is 44.2 Å². The Balaban J connectivity index is 1.66. The molecule has 190 valence electrons. The molecule has 2 aromatic rings. The first kappa shape index (κ1) is 26.7. The van der Waals surface area contributed by atoms with Crippen LogP contribution in [0.15, 0.2) is 58.3 Å². The van der Waals surface area contributed by atoms with Crippen LogP contribution >= 0.6 is 0 Å². The highest BCUT2D eigenvalue weighted by Crippen LogP contribution is 2.32. The zero-order valence-electron chi connectivity index (χ0n) is 19.8. The minimum absolute atomic E-state index is 0.103. The van der Waals surface area contributed by atoms with Gasteiger partial charge in [0.2, 0.25) is 9.84 Å². The second kappa shape index (κ2) is 10.0. The molecule has 1 atom stereocenters. The van der Waals surface area contributed by atoms with E-state index in [4.69, 9.17) is 4.74 Å². The van der Waals surface area contributed by atoms with Crippen LogP contribution < -0.4 is 0 Å². The van der Waals surface area contributed by atoms with E-state index in [0.29, 0.717) is 37.4 Å². The Labute approximate surface area is 203 Å². The van der Waals surface area contributed by atoms with Gasteiger partial charge in [-0.1, -0.05) is 18.2 Å². The van der Waals surface area contributed by atoms with Crippen molar-refractivity contribution in [2.75, 3.05) is 6.54 Å². The average molecular weight is 512 g/mol. The average Bonchev–Trinajstić information content (AvgIpc) is 3.26. The SMILES string of the molecule is CC(C)(C)OC(=O)N1CCC[C@@H]1C(=O)CCc1ccc(S(=O)(=O)c2cccc(C(F)(F)F)c2)cc1. The number of alkyl halides is 3. The molecule has 1 fully saturated rings. The van der Waals surface area contributed by atoms with E-state index in [0.717, 1.165) is 18.2 Å². The summed E-state index contributed by atoms with van der Waals surface area (Å²) in [6.07, 6.45) is -3.41. The number of ether oxygens (including phenoxy) is 1. The Morgan fingerprint density at radius 2 is 1.69 bits per heavy atom. The topological polar surface area (TPSA) is 80.8 Å². The number of rotatable bonds is 6. The number of likely N-dealkylation sites (tertiary alicyclic amines) is 1. The second-order valence-electron chi connectivity index (χ2n) is 9.47. The summed E-state index contributed by atoms with van der Waals surface area (Å²) in [5.41, 5.74) is -1.01. The highest BCUT2D eigenvalue weighted by Gasteiger charge is 2.36. The minimum Gasteiger partial charge on any atom is -0.444 e. The first-order chi connectivity index (χ1) is 16.2. The molecule has 1 saturated heterocycles. The van der Waals surface area contributed by atoms with E-state index in [-0.39, 0.29) is 17.1 Å². The number of carbonyl (C=O) groups excluding carboxylic acids is 2. The molecule has 35 heavy (non-hydrogen) atoms. The number of hydrogen-bond donors (Lipinski definition) is 0. The van der Waals surface area contributed by atoms with Crippen LogP contribution in [0.5, 0.6) is 0 Å². The van der Waals surface area contributed by atoms with Crippen LogP contribution in [0.25, 0.3) is 0 Å². The molecule has 0 radical (unpaired) electrons. The van der Waals surface area contributed by atoms with Crippen molar-refractivity contribution < 1.29 is 35.9 Å². The van der Waals surface area contributed by atoms with Gasteiger partial charge in [-0.3, -0.25) is 9.69 Å². The van der Waals surface area contributed by atoms with E-state index >= 15 is 0 Å². The fourth-order valence-electron chi connectivity index (χ4n) is 3.89. The number of halogens is 3. The van der Waals surface area contributed by atoms with Crippen molar-refractivity contribution in [1.29, 1.82) is 0 Å². The van der Waals surface area contributed by atoms with Crippen LogP contribution in [-0.2, 0) is 32.0 Å². The Morgan fingerprint density at radius 1 is 1.03 bits per heavy atom. The van der Waals surface area contributed by atoms with E-state index in [1.54, 1.807) is 20.8 Å². The third-order valence-electron chi connectivity index (χ3n) is 5.62. The zero-order chi connectivity index (χ0) is 26.0. The maximum Gasteiger partial charge on any atom is 0.416 e. The number of hydrogen-bond acceptors (Lipinski definition) is 5. The van der Waals surface area contributed by atoms with Crippen LogP contribution in [0, 0.1) is 0 Å². The Hall–Kier alpha value is -2.88. The van der Waals surface area contributed by atoms with Crippen LogP contribution in [0.2, 0.25) is 0 Å². The van der Waals surface area contributed by atoms with Crippen molar-refractivity contribution in [3.05, 3.63) is 59.7 Å². The van der Waals surface area contributed by atoms with Gasteiger partial charge in [-0.05, 0) is 75.9 Å². The predicted octanol–water partition coefficient (Wildman–Crippen LogP) is 5.44. The van der Waals surface area contributed by atoms with Crippen molar-refractivity contribution in [2.24, 2.45) is 0 Å². The lowest BCUT2D eigenvalue weighted by Crippen LogP contribution is -2.43. The summed E-state index contributed by atoms with van der Waals surface area (Å²) >= 11 is 0. The highest BCUT2D eigenvalue weighted by molar-refractivity contribution is 7.91. The van der Waals surface area contributed by atoms with Crippen molar-refractivity contribution in [2.45, 2.75) is 74.1 Å². The van der Waals surface area contributed by atoms with Gasteiger partial charge < -0.3 is 4.74 Å². The lowest BCUT2D eigenvalue weighted by atomic mass is 10.0. The molecular weight excluding hydrogens is 483 g/mol. The quantitative estimate of drug-likeness (QED) is 0.516. The maximum atomic E-state index is 13.0. The van der Waals surface area contributed by atoms with Gasteiger partial charge in [0.25, 0.3) is 0 Å². The normalized spacial score (nSPS) is 16.9. The Morgan fingerprint density at radius 3 is 2.29 bits per heavy atom. The molecule has 0 N–H and O–H groups in total. The van der Waals surface area contributed by atoms with E-state index in [1.807, 2.05) is 0 Å². The number of amides is 1. The lowest BCUT2D eigenvalue weighted by Gasteiger charge is -2.28. The maximum absolute atomic E-state index is 13.0. The molecule has 0 bridgehead atoms. The molecule has 0 spiro atoms. The molecule has 2 aromatic carbocycles. The Bertz CT molecular complexity index is 1180. The van der Waals surface area contributed by atoms with E-state index in [1.165, 1.54) is 29.2 Å². The third kappa shape index (κ3) is 6.62. The fourth-order valence-corrected chi connectivity index (χ4v) is 5.19. The van der Waals surface area contributed by atoms with Gasteiger partial charge in [0.05, 0.1) is 21.4 Å². The number of Topliss-reactive ketones (excluding diaryl/α,β-unsaturated/α-hetero) is 1. The molecule has 0 aliphatic carbocycles. The molecule has 1 aliphatic heterocycles. The summed E-state index contributed by atoms with van der Waals surface area (Å²) in [6, 6.07) is 8.75. The van der Waals surface area contributed by atoms with E-state index in [2.05, 4.69) is 0 Å². The van der Waals surface area contributed by atoms with Crippen molar-refractivity contribution in [3.8, 4) is 0 Å². The molecule has 0 saturated carbocycles. The number of aryl methyl sites for hydroxylation is 1. The van der Waals surface area contributed by atoms with Crippen molar-refractivity contribution >= 4 is 21.7 Å². The molecule has 10 heteroatoms. The molecule has 1 amide bonds. The van der Waals surface area contributed by atoms with Gasteiger partial charge in [-0.2, -0.15) is 13.2 Å². The number of nitrogens with zero attached hydrogens (tertiary/aromatic N) is 1. The highest BCUT2D eigenvalue weighted by atomic mass is 32.2. The molecule has 0 aromatic heterocycles. The first-order valence-electron chi connectivity index (χ1n) is 11.2. The molecule has 1 aliphatic rings. The van der Waals surface area contributed by atoms with Gasteiger partial charge in [0.15, 0.2) is 5.78 Å². The summed E-state index contributed by atoms with van der Waals surface area (Å²) in [7, 11) is -4.14.